The molecule has 1 N–H and O–H groups in total. The average molecular weight is 354 g/mol. The van der Waals surface area contributed by atoms with Crippen molar-refractivity contribution in [1.29, 1.82) is 0 Å². The van der Waals surface area contributed by atoms with Crippen LogP contribution in [0.4, 0.5) is 5.69 Å². The third-order valence-corrected chi connectivity index (χ3v) is 5.26. The molecule has 1 atom stereocenters. The maximum Gasteiger partial charge on any atom is 0.233 e. The summed E-state index contributed by atoms with van der Waals surface area (Å²) in [5.74, 6) is 1.36. The third kappa shape index (κ3) is 3.16. The van der Waals surface area contributed by atoms with Gasteiger partial charge in [-0.05, 0) is 37.6 Å². The van der Waals surface area contributed by atoms with Gasteiger partial charge in [-0.1, -0.05) is 0 Å². The predicted octanol–water partition coefficient (Wildman–Crippen LogP) is 3.52. The normalized spacial score (nSPS) is 21.7. The quantitative estimate of drug-likeness (QED) is 0.836. The summed E-state index contributed by atoms with van der Waals surface area (Å²) < 4.78 is 6.59. The molecule has 0 saturated heterocycles. The number of nitrogens with zero attached hydrogens (tertiary/aromatic N) is 2. The highest BCUT2D eigenvalue weighted by molar-refractivity contribution is 6.53. The number of ether oxygens (including phenoxy) is 1. The van der Waals surface area contributed by atoms with Gasteiger partial charge in [0.25, 0.3) is 0 Å². The zero-order valence-corrected chi connectivity index (χ0v) is 14.4. The number of nitrogens with one attached hydrogen (secondary N) is 1. The number of carbonyl (C=O) groups is 1. The smallest absolute Gasteiger partial charge is 0.233 e. The predicted molar refractivity (Wildman–Crippen MR) is 89.8 cm³/mol. The number of hydrogen-bond donors (Lipinski definition) is 1. The van der Waals surface area contributed by atoms with Crippen molar-refractivity contribution in [3.05, 3.63) is 42.5 Å². The van der Waals surface area contributed by atoms with Crippen molar-refractivity contribution in [2.75, 3.05) is 5.32 Å². The number of hydrogen-bond acceptors (Lipinski definition) is 3. The largest absolute Gasteiger partial charge is 0.486 e. The first kappa shape index (κ1) is 16.1. The molecule has 1 aromatic carbocycles. The molecule has 1 fully saturated rings. The van der Waals surface area contributed by atoms with E-state index in [0.29, 0.717) is 24.5 Å². The van der Waals surface area contributed by atoms with E-state index in [9.17, 15) is 4.79 Å². The number of amides is 1. The van der Waals surface area contributed by atoms with Gasteiger partial charge < -0.3 is 14.6 Å². The summed E-state index contributed by atoms with van der Waals surface area (Å²) in [6, 6.07) is 7.15. The number of halogens is 2. The molecule has 3 rings (SSSR count). The lowest BCUT2D eigenvalue weighted by Gasteiger charge is -2.13. The molecule has 1 aliphatic rings. The fraction of sp³-hybridized carbons (Fsp3) is 0.375. The van der Waals surface area contributed by atoms with Crippen molar-refractivity contribution in [3.63, 3.8) is 0 Å². The maximum absolute atomic E-state index is 12.2. The minimum absolute atomic E-state index is 0.177. The number of alkyl halides is 2. The van der Waals surface area contributed by atoms with Crippen LogP contribution in [0.2, 0.25) is 0 Å². The van der Waals surface area contributed by atoms with Gasteiger partial charge in [-0.25, -0.2) is 4.98 Å². The van der Waals surface area contributed by atoms with Crippen LogP contribution in [0.3, 0.4) is 0 Å². The molecule has 2 aromatic rings. The molecule has 1 aliphatic carbocycles. The number of benzene rings is 1. The van der Waals surface area contributed by atoms with E-state index in [1.165, 1.54) is 0 Å². The van der Waals surface area contributed by atoms with E-state index in [0.717, 1.165) is 5.82 Å². The van der Waals surface area contributed by atoms with Crippen molar-refractivity contribution in [1.82, 2.24) is 9.55 Å². The lowest BCUT2D eigenvalue weighted by molar-refractivity contribution is -0.120. The highest BCUT2D eigenvalue weighted by atomic mass is 35.5. The highest BCUT2D eigenvalue weighted by Gasteiger charge is 2.67. The van der Waals surface area contributed by atoms with Crippen LogP contribution in [-0.4, -0.2) is 19.8 Å². The Morgan fingerprint density at radius 2 is 2.04 bits per heavy atom. The molecule has 23 heavy (non-hydrogen) atoms. The van der Waals surface area contributed by atoms with Gasteiger partial charge in [0.2, 0.25) is 5.91 Å². The second kappa shape index (κ2) is 5.73. The first-order valence-corrected chi connectivity index (χ1v) is 7.96. The Labute approximate surface area is 144 Å². The molecule has 7 heteroatoms. The van der Waals surface area contributed by atoms with E-state index >= 15 is 0 Å². The lowest BCUT2D eigenvalue weighted by Crippen LogP contribution is -2.25. The first-order valence-electron chi connectivity index (χ1n) is 7.20. The summed E-state index contributed by atoms with van der Waals surface area (Å²) in [4.78, 5) is 16.4. The Hall–Kier alpha value is -1.72. The first-order chi connectivity index (χ1) is 10.8. The van der Waals surface area contributed by atoms with Gasteiger partial charge in [0, 0.05) is 25.1 Å². The van der Waals surface area contributed by atoms with Crippen LogP contribution in [-0.2, 0) is 18.4 Å². The zero-order valence-electron chi connectivity index (χ0n) is 12.8. The monoisotopic (exact) mass is 353 g/mol. The van der Waals surface area contributed by atoms with Crippen molar-refractivity contribution in [3.8, 4) is 5.75 Å². The molecule has 1 saturated carbocycles. The molecular formula is C16H17Cl2N3O2. The summed E-state index contributed by atoms with van der Waals surface area (Å²) in [7, 11) is 1.91. The zero-order chi connectivity index (χ0) is 16.7. The van der Waals surface area contributed by atoms with E-state index in [1.807, 2.05) is 17.8 Å². The highest BCUT2D eigenvalue weighted by Crippen LogP contribution is 2.64. The Balaban J connectivity index is 1.57. The Bertz CT molecular complexity index is 727. The van der Waals surface area contributed by atoms with Crippen LogP contribution in [0.1, 0.15) is 19.2 Å². The molecule has 0 spiro atoms. The van der Waals surface area contributed by atoms with Gasteiger partial charge in [-0.2, -0.15) is 0 Å². The molecule has 0 radical (unpaired) electrons. The molecule has 1 aromatic heterocycles. The minimum Gasteiger partial charge on any atom is -0.486 e. The molecule has 1 heterocycles. The van der Waals surface area contributed by atoms with E-state index < -0.39 is 9.75 Å². The second-order valence-electron chi connectivity index (χ2n) is 5.93. The van der Waals surface area contributed by atoms with Crippen LogP contribution < -0.4 is 10.1 Å². The Morgan fingerprint density at radius 1 is 1.39 bits per heavy atom. The standard InChI is InChI=1S/C16H17Cl2N3O2/c1-15(10-16(15,17)18)14(22)20-11-3-5-12(6-4-11)23-9-13-19-7-8-21(13)2/h3-8H,9-10H2,1-2H3,(H,20,22)/t15-/m0/s1. The second-order valence-corrected chi connectivity index (χ2v) is 7.42. The maximum atomic E-state index is 12.2. The minimum atomic E-state index is -0.970. The number of imidazole rings is 1. The summed E-state index contributed by atoms with van der Waals surface area (Å²) >= 11 is 12.0. The summed E-state index contributed by atoms with van der Waals surface area (Å²) in [6.07, 6.45) is 4.05. The summed E-state index contributed by atoms with van der Waals surface area (Å²) in [5.41, 5.74) is -0.0552. The average Bonchev–Trinajstić information content (AvgIpc) is 2.81. The molecule has 0 bridgehead atoms. The van der Waals surface area contributed by atoms with Crippen molar-refractivity contribution in [2.24, 2.45) is 12.5 Å². The van der Waals surface area contributed by atoms with Crippen LogP contribution in [0.15, 0.2) is 36.7 Å². The summed E-state index contributed by atoms with van der Waals surface area (Å²) in [5, 5.41) is 2.83. The van der Waals surface area contributed by atoms with Gasteiger partial charge in [-0.3, -0.25) is 4.79 Å². The van der Waals surface area contributed by atoms with Gasteiger partial charge >= 0.3 is 0 Å². The number of anilines is 1. The molecular weight excluding hydrogens is 337 g/mol. The van der Waals surface area contributed by atoms with Gasteiger partial charge in [0.05, 0.1) is 5.41 Å². The Morgan fingerprint density at radius 3 is 2.57 bits per heavy atom. The van der Waals surface area contributed by atoms with Gasteiger partial charge in [0.15, 0.2) is 0 Å². The van der Waals surface area contributed by atoms with Crippen molar-refractivity contribution < 1.29 is 9.53 Å². The molecule has 1 amide bonds. The number of aryl methyl sites for hydroxylation is 1. The van der Waals surface area contributed by atoms with Gasteiger partial charge in [-0.15, -0.1) is 23.2 Å². The number of aromatic nitrogens is 2. The van der Waals surface area contributed by atoms with E-state index in [4.69, 9.17) is 27.9 Å². The number of carbonyl (C=O) groups excluding carboxylic acids is 1. The molecule has 0 unspecified atom stereocenters. The van der Waals surface area contributed by atoms with E-state index in [2.05, 4.69) is 10.3 Å². The van der Waals surface area contributed by atoms with E-state index in [1.54, 1.807) is 37.4 Å². The van der Waals surface area contributed by atoms with Crippen LogP contribution in [0.25, 0.3) is 0 Å². The Kier molecular flexibility index (Phi) is 4.02. The summed E-state index contributed by atoms with van der Waals surface area (Å²) in [6.45, 7) is 2.14. The molecule has 0 aliphatic heterocycles. The van der Waals surface area contributed by atoms with Gasteiger partial charge in [0.1, 0.15) is 22.5 Å². The number of rotatable bonds is 5. The fourth-order valence-electron chi connectivity index (χ4n) is 2.23. The molecule has 122 valence electrons. The van der Waals surface area contributed by atoms with Crippen molar-refractivity contribution >= 4 is 34.8 Å². The van der Waals surface area contributed by atoms with Crippen LogP contribution in [0, 0.1) is 5.41 Å². The topological polar surface area (TPSA) is 56.1 Å². The van der Waals surface area contributed by atoms with Crippen LogP contribution >= 0.6 is 23.2 Å². The van der Waals surface area contributed by atoms with E-state index in [-0.39, 0.29) is 5.91 Å². The SMILES string of the molecule is Cn1ccnc1COc1ccc(NC(=O)[C@]2(C)CC2(Cl)Cl)cc1. The molecule has 5 nitrogen and oxygen atoms in total. The fourth-order valence-corrected chi connectivity index (χ4v) is 2.94. The lowest BCUT2D eigenvalue weighted by atomic mass is 10.1. The van der Waals surface area contributed by atoms with Crippen molar-refractivity contribution in [2.45, 2.75) is 24.3 Å². The third-order valence-electron chi connectivity index (χ3n) is 4.16. The van der Waals surface area contributed by atoms with Crippen LogP contribution in [0.5, 0.6) is 5.75 Å².